The molecule has 7 nitrogen and oxygen atoms in total. The van der Waals surface area contributed by atoms with Gasteiger partial charge in [-0.05, 0) is 18.6 Å². The molecule has 1 fully saturated rings. The van der Waals surface area contributed by atoms with Crippen LogP contribution in [0.4, 0.5) is 5.95 Å². The SMILES string of the molecule is COC(=O)c1cc(C)nc(N2CC3ON=C(c4ccccc4)C3C2)n1. The molecule has 0 aliphatic carbocycles. The average Bonchev–Trinajstić information content (AvgIpc) is 3.22. The number of ether oxygens (including phenoxy) is 1. The smallest absolute Gasteiger partial charge is 0.356 e. The van der Waals surface area contributed by atoms with Crippen LogP contribution >= 0.6 is 0 Å². The predicted molar refractivity (Wildman–Crippen MR) is 91.7 cm³/mol. The Hall–Kier alpha value is -2.96. The number of methoxy groups -OCH3 is 1. The second-order valence-electron chi connectivity index (χ2n) is 6.18. The maximum absolute atomic E-state index is 11.8. The number of carbonyl (C=O) groups is 1. The Morgan fingerprint density at radius 2 is 2.04 bits per heavy atom. The van der Waals surface area contributed by atoms with Crippen molar-refractivity contribution in [1.82, 2.24) is 9.97 Å². The van der Waals surface area contributed by atoms with Gasteiger partial charge in [0.1, 0.15) is 0 Å². The van der Waals surface area contributed by atoms with E-state index in [1.165, 1.54) is 7.11 Å². The largest absolute Gasteiger partial charge is 0.464 e. The fraction of sp³-hybridized carbons (Fsp3) is 0.333. The number of nitrogens with zero attached hydrogens (tertiary/aromatic N) is 4. The van der Waals surface area contributed by atoms with E-state index in [1.807, 2.05) is 42.2 Å². The lowest BCUT2D eigenvalue weighted by molar-refractivity contribution is 0.0593. The van der Waals surface area contributed by atoms with Gasteiger partial charge in [-0.3, -0.25) is 0 Å². The normalized spacial score (nSPS) is 21.5. The van der Waals surface area contributed by atoms with Crippen molar-refractivity contribution in [2.45, 2.75) is 13.0 Å². The molecule has 0 amide bonds. The number of hydrogen-bond acceptors (Lipinski definition) is 7. The zero-order valence-electron chi connectivity index (χ0n) is 14.0. The third-order valence-corrected chi connectivity index (χ3v) is 4.49. The predicted octanol–water partition coefficient (Wildman–Crippen LogP) is 1.81. The summed E-state index contributed by atoms with van der Waals surface area (Å²) in [6.45, 7) is 3.17. The van der Waals surface area contributed by atoms with Crippen LogP contribution in [0.25, 0.3) is 0 Å². The van der Waals surface area contributed by atoms with E-state index in [0.717, 1.165) is 17.0 Å². The van der Waals surface area contributed by atoms with Crippen LogP contribution in [-0.2, 0) is 9.57 Å². The molecule has 0 spiro atoms. The highest BCUT2D eigenvalue weighted by molar-refractivity contribution is 6.03. The standard InChI is InChI=1S/C18H18N4O3/c1-11-8-14(17(23)24-2)20-18(19-11)22-9-13-15(10-22)25-21-16(13)12-6-4-3-5-7-12/h3-8,13,15H,9-10H2,1-2H3. The molecule has 0 radical (unpaired) electrons. The van der Waals surface area contributed by atoms with Crippen molar-refractivity contribution in [3.8, 4) is 0 Å². The van der Waals surface area contributed by atoms with Crippen molar-refractivity contribution < 1.29 is 14.4 Å². The number of carbonyl (C=O) groups excluding carboxylic acids is 1. The molecule has 2 aliphatic heterocycles. The van der Waals surface area contributed by atoms with Crippen molar-refractivity contribution >= 4 is 17.6 Å². The number of anilines is 1. The molecule has 2 atom stereocenters. The first-order valence-corrected chi connectivity index (χ1v) is 8.14. The quantitative estimate of drug-likeness (QED) is 0.795. The fourth-order valence-electron chi connectivity index (χ4n) is 3.28. The molecule has 1 saturated heterocycles. The number of benzene rings is 1. The molecule has 0 saturated carbocycles. The summed E-state index contributed by atoms with van der Waals surface area (Å²) in [6.07, 6.45) is -0.0269. The number of oxime groups is 1. The summed E-state index contributed by atoms with van der Waals surface area (Å²) in [5.74, 6) is 0.216. The first kappa shape index (κ1) is 15.6. The second-order valence-corrected chi connectivity index (χ2v) is 6.18. The van der Waals surface area contributed by atoms with E-state index in [2.05, 4.69) is 15.1 Å². The third kappa shape index (κ3) is 2.82. The van der Waals surface area contributed by atoms with Crippen LogP contribution in [0.2, 0.25) is 0 Å². The van der Waals surface area contributed by atoms with E-state index in [-0.39, 0.29) is 17.7 Å². The molecule has 2 aliphatic rings. The Morgan fingerprint density at radius 3 is 2.80 bits per heavy atom. The van der Waals surface area contributed by atoms with E-state index in [0.29, 0.717) is 19.0 Å². The zero-order chi connectivity index (χ0) is 17.4. The van der Waals surface area contributed by atoms with Gasteiger partial charge >= 0.3 is 5.97 Å². The van der Waals surface area contributed by atoms with Crippen LogP contribution in [-0.4, -0.2) is 48.0 Å². The Balaban J connectivity index is 1.58. The highest BCUT2D eigenvalue weighted by atomic mass is 16.6. The van der Waals surface area contributed by atoms with Gasteiger partial charge in [0.15, 0.2) is 11.8 Å². The highest BCUT2D eigenvalue weighted by Crippen LogP contribution is 2.31. The summed E-state index contributed by atoms with van der Waals surface area (Å²) >= 11 is 0. The third-order valence-electron chi connectivity index (χ3n) is 4.49. The molecule has 0 bridgehead atoms. The van der Waals surface area contributed by atoms with Gasteiger partial charge in [-0.2, -0.15) is 0 Å². The number of aromatic nitrogens is 2. The van der Waals surface area contributed by atoms with Gasteiger partial charge in [0.25, 0.3) is 0 Å². The minimum absolute atomic E-state index is 0.0269. The van der Waals surface area contributed by atoms with Gasteiger partial charge in [-0.15, -0.1) is 0 Å². The highest BCUT2D eigenvalue weighted by Gasteiger charge is 2.43. The number of rotatable bonds is 3. The van der Waals surface area contributed by atoms with Gasteiger partial charge in [0, 0.05) is 12.2 Å². The van der Waals surface area contributed by atoms with Crippen LogP contribution in [0, 0.1) is 12.8 Å². The number of hydrogen-bond donors (Lipinski definition) is 0. The van der Waals surface area contributed by atoms with Gasteiger partial charge in [0.2, 0.25) is 5.95 Å². The summed E-state index contributed by atoms with van der Waals surface area (Å²) in [4.78, 5) is 28.3. The summed E-state index contributed by atoms with van der Waals surface area (Å²) in [6, 6.07) is 11.7. The molecule has 25 heavy (non-hydrogen) atoms. The Labute approximate surface area is 145 Å². The summed E-state index contributed by atoms with van der Waals surface area (Å²) in [5, 5.41) is 4.27. The van der Waals surface area contributed by atoms with E-state index < -0.39 is 5.97 Å². The molecule has 4 rings (SSSR count). The topological polar surface area (TPSA) is 76.9 Å². The van der Waals surface area contributed by atoms with Crippen LogP contribution in [0.3, 0.4) is 0 Å². The number of fused-ring (bicyclic) bond motifs is 1. The average molecular weight is 338 g/mol. The number of esters is 1. The molecule has 0 N–H and O–H groups in total. The lowest BCUT2D eigenvalue weighted by Gasteiger charge is -2.17. The molecule has 1 aromatic carbocycles. The Kier molecular flexibility index (Phi) is 3.83. The van der Waals surface area contributed by atoms with Crippen molar-refractivity contribution in [2.24, 2.45) is 11.1 Å². The van der Waals surface area contributed by atoms with Crippen molar-refractivity contribution in [3.05, 3.63) is 53.3 Å². The first-order chi connectivity index (χ1) is 12.2. The number of aryl methyl sites for hydroxylation is 1. The van der Waals surface area contributed by atoms with E-state index in [1.54, 1.807) is 6.07 Å². The van der Waals surface area contributed by atoms with E-state index >= 15 is 0 Å². The van der Waals surface area contributed by atoms with Crippen LogP contribution in [0.15, 0.2) is 41.6 Å². The van der Waals surface area contributed by atoms with Crippen LogP contribution < -0.4 is 4.90 Å². The molecule has 1 aromatic heterocycles. The minimum Gasteiger partial charge on any atom is -0.464 e. The Morgan fingerprint density at radius 1 is 1.24 bits per heavy atom. The maximum Gasteiger partial charge on any atom is 0.356 e. The molecule has 2 unspecified atom stereocenters. The molecule has 2 aromatic rings. The van der Waals surface area contributed by atoms with E-state index in [9.17, 15) is 4.79 Å². The lowest BCUT2D eigenvalue weighted by Crippen LogP contribution is -2.26. The summed E-state index contributed by atoms with van der Waals surface area (Å²) < 4.78 is 4.77. The Bertz CT molecular complexity index is 837. The first-order valence-electron chi connectivity index (χ1n) is 8.14. The molecule has 7 heteroatoms. The summed E-state index contributed by atoms with van der Waals surface area (Å²) in [5.41, 5.74) is 3.01. The minimum atomic E-state index is -0.464. The van der Waals surface area contributed by atoms with Gasteiger partial charge in [0.05, 0.1) is 25.3 Å². The zero-order valence-corrected chi connectivity index (χ0v) is 14.0. The lowest BCUT2D eigenvalue weighted by atomic mass is 9.95. The molecular weight excluding hydrogens is 320 g/mol. The fourth-order valence-corrected chi connectivity index (χ4v) is 3.28. The van der Waals surface area contributed by atoms with Crippen molar-refractivity contribution in [2.75, 3.05) is 25.1 Å². The van der Waals surface area contributed by atoms with Gasteiger partial charge in [-0.1, -0.05) is 35.5 Å². The molecule has 3 heterocycles. The molecular formula is C18H18N4O3. The van der Waals surface area contributed by atoms with Gasteiger partial charge < -0.3 is 14.5 Å². The maximum atomic E-state index is 11.8. The second kappa shape index (κ2) is 6.16. The van der Waals surface area contributed by atoms with Crippen LogP contribution in [0.5, 0.6) is 0 Å². The van der Waals surface area contributed by atoms with E-state index in [4.69, 9.17) is 9.57 Å². The van der Waals surface area contributed by atoms with Crippen molar-refractivity contribution in [1.29, 1.82) is 0 Å². The summed E-state index contributed by atoms with van der Waals surface area (Å²) in [7, 11) is 1.34. The van der Waals surface area contributed by atoms with Gasteiger partial charge in [-0.25, -0.2) is 14.8 Å². The monoisotopic (exact) mass is 338 g/mol. The van der Waals surface area contributed by atoms with Crippen LogP contribution in [0.1, 0.15) is 21.7 Å². The van der Waals surface area contributed by atoms with Crippen molar-refractivity contribution in [3.63, 3.8) is 0 Å². The molecule has 128 valence electrons.